The quantitative estimate of drug-likeness (QED) is 0.676. The molecule has 0 atom stereocenters. The molecule has 1 heterocycles. The molecular weight excluding hydrogens is 336 g/mol. The van der Waals surface area contributed by atoms with E-state index in [1.54, 1.807) is 17.9 Å². The lowest BCUT2D eigenvalue weighted by Crippen LogP contribution is -2.26. The van der Waals surface area contributed by atoms with Crippen LogP contribution in [-0.4, -0.2) is 27.6 Å². The number of carbonyl (C=O) groups excluding carboxylic acids is 1. The molecule has 0 fully saturated rings. The van der Waals surface area contributed by atoms with E-state index in [0.717, 1.165) is 23.4 Å². The van der Waals surface area contributed by atoms with Crippen LogP contribution in [0.5, 0.6) is 0 Å². The van der Waals surface area contributed by atoms with Gasteiger partial charge in [0.1, 0.15) is 0 Å². The molecule has 3 rings (SSSR count). The number of hydrogen-bond donors (Lipinski definition) is 0. The fraction of sp³-hybridized carbons (Fsp3) is 0.200. The Labute approximate surface area is 150 Å². The molecule has 134 valence electrons. The molecule has 0 aliphatic heterocycles. The Bertz CT molecular complexity index is 893. The first-order valence-corrected chi connectivity index (χ1v) is 8.30. The van der Waals surface area contributed by atoms with Crippen LogP contribution in [0.3, 0.4) is 0 Å². The van der Waals surface area contributed by atoms with Crippen molar-refractivity contribution in [2.75, 3.05) is 7.05 Å². The molecule has 4 nitrogen and oxygen atoms in total. The molecule has 0 bridgehead atoms. The zero-order valence-corrected chi connectivity index (χ0v) is 14.4. The Morgan fingerprint density at radius 1 is 1.08 bits per heavy atom. The number of nitrogens with zero attached hydrogens (tertiary/aromatic N) is 3. The molecule has 26 heavy (non-hydrogen) atoms. The standard InChI is InChI=1S/C20H19F2N3O/c1-24(13-15-7-9-18(21)19(22)11-15)20(26)10-8-16-12-23-25(14-16)17-5-3-2-4-6-17/h2-7,9,11-12,14H,8,10,13H2,1H3. The van der Waals surface area contributed by atoms with Crippen molar-refractivity contribution in [1.29, 1.82) is 0 Å². The highest BCUT2D eigenvalue weighted by atomic mass is 19.2. The molecule has 0 radical (unpaired) electrons. The van der Waals surface area contributed by atoms with Gasteiger partial charge in [0.25, 0.3) is 0 Å². The van der Waals surface area contributed by atoms with Gasteiger partial charge in [-0.25, -0.2) is 13.5 Å². The molecule has 0 aliphatic rings. The summed E-state index contributed by atoms with van der Waals surface area (Å²) in [6, 6.07) is 13.4. The van der Waals surface area contributed by atoms with E-state index in [1.165, 1.54) is 11.0 Å². The molecule has 1 amide bonds. The maximum absolute atomic E-state index is 13.3. The Kier molecular flexibility index (Phi) is 5.41. The van der Waals surface area contributed by atoms with Crippen LogP contribution >= 0.6 is 0 Å². The lowest BCUT2D eigenvalue weighted by molar-refractivity contribution is -0.130. The van der Waals surface area contributed by atoms with E-state index in [2.05, 4.69) is 5.10 Å². The molecule has 0 unspecified atom stereocenters. The minimum Gasteiger partial charge on any atom is -0.341 e. The van der Waals surface area contributed by atoms with Crippen LogP contribution in [-0.2, 0) is 17.8 Å². The summed E-state index contributed by atoms with van der Waals surface area (Å²) in [4.78, 5) is 13.8. The van der Waals surface area contributed by atoms with Gasteiger partial charge in [-0.2, -0.15) is 5.10 Å². The second kappa shape index (κ2) is 7.91. The highest BCUT2D eigenvalue weighted by molar-refractivity contribution is 5.76. The van der Waals surface area contributed by atoms with Crippen molar-refractivity contribution in [1.82, 2.24) is 14.7 Å². The predicted molar refractivity (Wildman–Crippen MR) is 94.7 cm³/mol. The van der Waals surface area contributed by atoms with Crippen molar-refractivity contribution >= 4 is 5.91 Å². The van der Waals surface area contributed by atoms with E-state index in [-0.39, 0.29) is 12.5 Å². The summed E-state index contributed by atoms with van der Waals surface area (Å²) in [5.41, 5.74) is 2.47. The summed E-state index contributed by atoms with van der Waals surface area (Å²) in [6.07, 6.45) is 4.53. The van der Waals surface area contributed by atoms with Crippen LogP contribution in [0.4, 0.5) is 8.78 Å². The number of benzene rings is 2. The Balaban J connectivity index is 1.55. The van der Waals surface area contributed by atoms with Gasteiger partial charge in [-0.15, -0.1) is 0 Å². The van der Waals surface area contributed by atoms with Gasteiger partial charge in [0.2, 0.25) is 5.91 Å². The molecule has 0 saturated heterocycles. The zero-order valence-electron chi connectivity index (χ0n) is 14.4. The smallest absolute Gasteiger partial charge is 0.222 e. The second-order valence-corrected chi connectivity index (χ2v) is 6.13. The van der Waals surface area contributed by atoms with Crippen LogP contribution < -0.4 is 0 Å². The van der Waals surface area contributed by atoms with E-state index >= 15 is 0 Å². The second-order valence-electron chi connectivity index (χ2n) is 6.13. The molecule has 0 N–H and O–H groups in total. The summed E-state index contributed by atoms with van der Waals surface area (Å²) in [6.45, 7) is 0.235. The van der Waals surface area contributed by atoms with Crippen molar-refractivity contribution in [2.45, 2.75) is 19.4 Å². The fourth-order valence-electron chi connectivity index (χ4n) is 2.65. The molecule has 3 aromatic rings. The molecule has 0 spiro atoms. The number of hydrogen-bond acceptors (Lipinski definition) is 2. The minimum atomic E-state index is -0.906. The first-order chi connectivity index (χ1) is 12.5. The van der Waals surface area contributed by atoms with E-state index in [9.17, 15) is 13.6 Å². The minimum absolute atomic E-state index is 0.0674. The average Bonchev–Trinajstić information content (AvgIpc) is 3.12. The number of halogens is 2. The Morgan fingerprint density at radius 3 is 2.58 bits per heavy atom. The summed E-state index contributed by atoms with van der Waals surface area (Å²) in [5, 5.41) is 4.31. The third kappa shape index (κ3) is 4.33. The van der Waals surface area contributed by atoms with Gasteiger partial charge in [-0.05, 0) is 41.8 Å². The predicted octanol–water partition coefficient (Wildman–Crippen LogP) is 3.74. The van der Waals surface area contributed by atoms with Crippen molar-refractivity contribution in [2.24, 2.45) is 0 Å². The van der Waals surface area contributed by atoms with Gasteiger partial charge in [0.15, 0.2) is 11.6 Å². The zero-order chi connectivity index (χ0) is 18.5. The van der Waals surface area contributed by atoms with Gasteiger partial charge in [0, 0.05) is 26.2 Å². The summed E-state index contributed by atoms with van der Waals surface area (Å²) in [5.74, 6) is -1.86. The fourth-order valence-corrected chi connectivity index (χ4v) is 2.65. The van der Waals surface area contributed by atoms with Gasteiger partial charge in [-0.1, -0.05) is 24.3 Å². The summed E-state index contributed by atoms with van der Waals surface area (Å²) >= 11 is 0. The average molecular weight is 355 g/mol. The maximum atomic E-state index is 13.3. The first kappa shape index (κ1) is 17.8. The number of rotatable bonds is 6. The summed E-state index contributed by atoms with van der Waals surface area (Å²) in [7, 11) is 1.65. The Morgan fingerprint density at radius 2 is 1.85 bits per heavy atom. The maximum Gasteiger partial charge on any atom is 0.222 e. The van der Waals surface area contributed by atoms with Gasteiger partial charge in [0.05, 0.1) is 11.9 Å². The van der Waals surface area contributed by atoms with Crippen LogP contribution in [0.2, 0.25) is 0 Å². The molecule has 1 aromatic heterocycles. The molecule has 6 heteroatoms. The SMILES string of the molecule is CN(Cc1ccc(F)c(F)c1)C(=O)CCc1cnn(-c2ccccc2)c1. The van der Waals surface area contributed by atoms with Gasteiger partial charge < -0.3 is 4.90 Å². The third-order valence-electron chi connectivity index (χ3n) is 4.11. The highest BCUT2D eigenvalue weighted by Gasteiger charge is 2.12. The molecule has 0 saturated carbocycles. The first-order valence-electron chi connectivity index (χ1n) is 8.30. The van der Waals surface area contributed by atoms with E-state index in [1.807, 2.05) is 36.5 Å². The monoisotopic (exact) mass is 355 g/mol. The van der Waals surface area contributed by atoms with Crippen LogP contribution in [0.1, 0.15) is 17.5 Å². The number of aryl methyl sites for hydroxylation is 1. The largest absolute Gasteiger partial charge is 0.341 e. The lowest BCUT2D eigenvalue weighted by Gasteiger charge is -2.17. The lowest BCUT2D eigenvalue weighted by atomic mass is 10.1. The van der Waals surface area contributed by atoms with E-state index in [4.69, 9.17) is 0 Å². The number of aromatic nitrogens is 2. The van der Waals surface area contributed by atoms with Crippen LogP contribution in [0.25, 0.3) is 5.69 Å². The highest BCUT2D eigenvalue weighted by Crippen LogP contribution is 2.13. The van der Waals surface area contributed by atoms with Crippen LogP contribution in [0, 0.1) is 11.6 Å². The van der Waals surface area contributed by atoms with Crippen LogP contribution in [0.15, 0.2) is 60.9 Å². The van der Waals surface area contributed by atoms with E-state index < -0.39 is 11.6 Å². The molecule has 0 aliphatic carbocycles. The molecule has 2 aromatic carbocycles. The summed E-state index contributed by atoms with van der Waals surface area (Å²) < 4.78 is 28.0. The van der Waals surface area contributed by atoms with Crippen molar-refractivity contribution in [3.63, 3.8) is 0 Å². The third-order valence-corrected chi connectivity index (χ3v) is 4.11. The van der Waals surface area contributed by atoms with Crippen molar-refractivity contribution in [3.05, 3.63) is 83.7 Å². The van der Waals surface area contributed by atoms with Crippen molar-refractivity contribution in [3.8, 4) is 5.69 Å². The van der Waals surface area contributed by atoms with Gasteiger partial charge in [-0.3, -0.25) is 4.79 Å². The Hall–Kier alpha value is -3.02. The number of para-hydroxylation sites is 1. The topological polar surface area (TPSA) is 38.1 Å². The number of amides is 1. The van der Waals surface area contributed by atoms with Crippen molar-refractivity contribution < 1.29 is 13.6 Å². The van der Waals surface area contributed by atoms with Gasteiger partial charge >= 0.3 is 0 Å². The molecular formula is C20H19F2N3O. The van der Waals surface area contributed by atoms with E-state index in [0.29, 0.717) is 18.4 Å². The normalized spacial score (nSPS) is 10.7. The number of carbonyl (C=O) groups is 1.